The first-order chi connectivity index (χ1) is 8.83. The number of carbonyl (C=O) groups is 1. The topological polar surface area (TPSA) is 58.4 Å². The third kappa shape index (κ3) is 5.45. The summed E-state index contributed by atoms with van der Waals surface area (Å²) in [5.74, 6) is 0.751. The van der Waals surface area contributed by atoms with Crippen LogP contribution in [0.1, 0.15) is 40.0 Å². The zero-order valence-electron chi connectivity index (χ0n) is 12.4. The van der Waals surface area contributed by atoms with E-state index < -0.39 is 0 Å². The third-order valence-electron chi connectivity index (χ3n) is 3.97. The van der Waals surface area contributed by atoms with Crippen LogP contribution in [0.25, 0.3) is 0 Å². The van der Waals surface area contributed by atoms with Gasteiger partial charge < -0.3 is 11.1 Å². The van der Waals surface area contributed by atoms with Crippen LogP contribution in [-0.2, 0) is 4.79 Å². The normalized spacial score (nSPS) is 19.4. The van der Waals surface area contributed by atoms with Crippen molar-refractivity contribution in [3.05, 3.63) is 0 Å². The Hall–Kier alpha value is -0.680. The van der Waals surface area contributed by atoms with Gasteiger partial charge in [-0.25, -0.2) is 0 Å². The number of rotatable bonds is 6. The molecule has 1 heterocycles. The van der Waals surface area contributed by atoms with Crippen LogP contribution in [0.3, 0.4) is 0 Å². The highest BCUT2D eigenvalue weighted by molar-refractivity contribution is 7.80. The van der Waals surface area contributed by atoms with Crippen molar-refractivity contribution in [2.24, 2.45) is 17.1 Å². The van der Waals surface area contributed by atoms with E-state index in [2.05, 4.69) is 31.0 Å². The predicted octanol–water partition coefficient (Wildman–Crippen LogP) is 1.54. The third-order valence-corrected chi connectivity index (χ3v) is 4.46. The summed E-state index contributed by atoms with van der Waals surface area (Å²) in [4.78, 5) is 14.6. The summed E-state index contributed by atoms with van der Waals surface area (Å²) in [5, 5.41) is 2.97. The second-order valence-electron chi connectivity index (χ2n) is 6.23. The highest BCUT2D eigenvalue weighted by Crippen LogP contribution is 2.30. The molecule has 19 heavy (non-hydrogen) atoms. The quantitative estimate of drug-likeness (QED) is 0.727. The van der Waals surface area contributed by atoms with Gasteiger partial charge in [-0.15, -0.1) is 0 Å². The van der Waals surface area contributed by atoms with Gasteiger partial charge in [0.2, 0.25) is 5.91 Å². The molecule has 5 heteroatoms. The summed E-state index contributed by atoms with van der Waals surface area (Å²) in [6.45, 7) is 9.49. The van der Waals surface area contributed by atoms with Crippen LogP contribution in [0.15, 0.2) is 0 Å². The Bertz CT molecular complexity index is 323. The van der Waals surface area contributed by atoms with E-state index in [9.17, 15) is 4.79 Å². The van der Waals surface area contributed by atoms with Crippen molar-refractivity contribution in [2.45, 2.75) is 40.0 Å². The molecule has 0 atom stereocenters. The van der Waals surface area contributed by atoms with E-state index in [-0.39, 0.29) is 11.3 Å². The van der Waals surface area contributed by atoms with Gasteiger partial charge >= 0.3 is 0 Å². The minimum atomic E-state index is -0.0278. The molecule has 1 fully saturated rings. The van der Waals surface area contributed by atoms with Crippen LogP contribution in [-0.4, -0.2) is 42.0 Å². The predicted molar refractivity (Wildman–Crippen MR) is 83.0 cm³/mol. The molecule has 0 unspecified atom stereocenters. The molecule has 1 saturated heterocycles. The Balaban J connectivity index is 2.25. The molecule has 0 aromatic rings. The fourth-order valence-electron chi connectivity index (χ4n) is 2.21. The lowest BCUT2D eigenvalue weighted by molar-refractivity contribution is -0.122. The van der Waals surface area contributed by atoms with Gasteiger partial charge in [-0.1, -0.05) is 33.0 Å². The summed E-state index contributed by atoms with van der Waals surface area (Å²) < 4.78 is 0. The molecule has 0 radical (unpaired) electrons. The molecule has 3 N–H and O–H groups in total. The number of nitrogens with two attached hydrogens (primary N) is 1. The Morgan fingerprint density at radius 2 is 2.00 bits per heavy atom. The summed E-state index contributed by atoms with van der Waals surface area (Å²) in [6.07, 6.45) is 2.93. The Kier molecular flexibility index (Phi) is 6.20. The monoisotopic (exact) mass is 285 g/mol. The van der Waals surface area contributed by atoms with Crippen molar-refractivity contribution >= 4 is 23.1 Å². The van der Waals surface area contributed by atoms with E-state index in [4.69, 9.17) is 18.0 Å². The molecule has 4 nitrogen and oxygen atoms in total. The summed E-state index contributed by atoms with van der Waals surface area (Å²) in [6, 6.07) is 0. The highest BCUT2D eigenvalue weighted by Gasteiger charge is 2.32. The number of hydrogen-bond donors (Lipinski definition) is 2. The van der Waals surface area contributed by atoms with E-state index in [0.717, 1.165) is 38.9 Å². The average Bonchev–Trinajstić information content (AvgIpc) is 2.31. The SMILES string of the molecule is CC(C)CCNC(=O)CN1CCC(C)(C(N)=S)CC1. The Morgan fingerprint density at radius 3 is 2.47 bits per heavy atom. The van der Waals surface area contributed by atoms with Gasteiger partial charge in [0.25, 0.3) is 0 Å². The molecule has 0 saturated carbocycles. The fourth-order valence-corrected chi connectivity index (χ4v) is 2.41. The molecule has 0 spiro atoms. The van der Waals surface area contributed by atoms with Crippen molar-refractivity contribution in [1.29, 1.82) is 0 Å². The molecule has 1 aliphatic rings. The number of hydrogen-bond acceptors (Lipinski definition) is 3. The average molecular weight is 285 g/mol. The standard InChI is InChI=1S/C14H27N3OS/c1-11(2)4-7-16-12(18)10-17-8-5-14(3,6-9-17)13(15)19/h11H,4-10H2,1-3H3,(H2,15,19)(H,16,18). The van der Waals surface area contributed by atoms with E-state index in [1.807, 2.05) is 0 Å². The smallest absolute Gasteiger partial charge is 0.234 e. The molecule has 0 aromatic carbocycles. The largest absolute Gasteiger partial charge is 0.393 e. The van der Waals surface area contributed by atoms with Crippen LogP contribution in [0.4, 0.5) is 0 Å². The molecular formula is C14H27N3OS. The van der Waals surface area contributed by atoms with E-state index in [1.54, 1.807) is 0 Å². The van der Waals surface area contributed by atoms with Gasteiger partial charge in [0.05, 0.1) is 11.5 Å². The number of amides is 1. The summed E-state index contributed by atoms with van der Waals surface area (Å²) in [7, 11) is 0. The highest BCUT2D eigenvalue weighted by atomic mass is 32.1. The van der Waals surface area contributed by atoms with Gasteiger partial charge in [0, 0.05) is 12.0 Å². The van der Waals surface area contributed by atoms with Gasteiger partial charge in [-0.2, -0.15) is 0 Å². The van der Waals surface area contributed by atoms with Crippen molar-refractivity contribution in [3.8, 4) is 0 Å². The number of thiocarbonyl (C=S) groups is 1. The maximum Gasteiger partial charge on any atom is 0.234 e. The Labute approximate surface area is 122 Å². The summed E-state index contributed by atoms with van der Waals surface area (Å²) >= 11 is 5.12. The van der Waals surface area contributed by atoms with Gasteiger partial charge in [0.1, 0.15) is 0 Å². The van der Waals surface area contributed by atoms with Crippen LogP contribution < -0.4 is 11.1 Å². The van der Waals surface area contributed by atoms with Crippen LogP contribution >= 0.6 is 12.2 Å². The number of piperidine rings is 1. The van der Waals surface area contributed by atoms with Crippen LogP contribution in [0.2, 0.25) is 0 Å². The van der Waals surface area contributed by atoms with E-state index in [0.29, 0.717) is 17.5 Å². The van der Waals surface area contributed by atoms with Gasteiger partial charge in [-0.05, 0) is 38.3 Å². The molecule has 0 bridgehead atoms. The number of carbonyl (C=O) groups excluding carboxylic acids is 1. The molecule has 1 aliphatic heterocycles. The van der Waals surface area contributed by atoms with E-state index >= 15 is 0 Å². The van der Waals surface area contributed by atoms with Crippen molar-refractivity contribution in [2.75, 3.05) is 26.2 Å². The second-order valence-corrected chi connectivity index (χ2v) is 6.67. The second kappa shape index (κ2) is 7.20. The van der Waals surface area contributed by atoms with Gasteiger partial charge in [0.15, 0.2) is 0 Å². The van der Waals surface area contributed by atoms with E-state index in [1.165, 1.54) is 0 Å². The minimum Gasteiger partial charge on any atom is -0.393 e. The van der Waals surface area contributed by atoms with Crippen molar-refractivity contribution in [3.63, 3.8) is 0 Å². The van der Waals surface area contributed by atoms with Crippen molar-refractivity contribution < 1.29 is 4.79 Å². The maximum atomic E-state index is 11.8. The molecule has 110 valence electrons. The fraction of sp³-hybridized carbons (Fsp3) is 0.857. The lowest BCUT2D eigenvalue weighted by Crippen LogP contribution is -2.47. The minimum absolute atomic E-state index is 0.0278. The van der Waals surface area contributed by atoms with Gasteiger partial charge in [-0.3, -0.25) is 9.69 Å². The number of nitrogens with one attached hydrogen (secondary N) is 1. The van der Waals surface area contributed by atoms with Crippen molar-refractivity contribution in [1.82, 2.24) is 10.2 Å². The number of nitrogens with zero attached hydrogens (tertiary/aromatic N) is 1. The Morgan fingerprint density at radius 1 is 1.42 bits per heavy atom. The lowest BCUT2D eigenvalue weighted by Gasteiger charge is -2.38. The summed E-state index contributed by atoms with van der Waals surface area (Å²) in [5.41, 5.74) is 5.75. The number of likely N-dealkylation sites (tertiary alicyclic amines) is 1. The zero-order chi connectivity index (χ0) is 14.5. The maximum absolute atomic E-state index is 11.8. The zero-order valence-corrected chi connectivity index (χ0v) is 13.2. The molecule has 0 aliphatic carbocycles. The van der Waals surface area contributed by atoms with Crippen LogP contribution in [0, 0.1) is 11.3 Å². The first-order valence-corrected chi connectivity index (χ1v) is 7.53. The molecule has 0 aromatic heterocycles. The first-order valence-electron chi connectivity index (χ1n) is 7.12. The molecule has 1 rings (SSSR count). The lowest BCUT2D eigenvalue weighted by atomic mass is 9.80. The first kappa shape index (κ1) is 16.4. The molecule has 1 amide bonds. The van der Waals surface area contributed by atoms with Crippen LogP contribution in [0.5, 0.6) is 0 Å². The molecular weight excluding hydrogens is 258 g/mol.